The van der Waals surface area contributed by atoms with Crippen molar-refractivity contribution in [2.75, 3.05) is 40.5 Å². The van der Waals surface area contributed by atoms with Gasteiger partial charge in [0.15, 0.2) is 0 Å². The Hall–Kier alpha value is -3.19. The summed E-state index contributed by atoms with van der Waals surface area (Å²) >= 11 is 0. The summed E-state index contributed by atoms with van der Waals surface area (Å²) in [6.45, 7) is 1.73. The summed E-state index contributed by atoms with van der Waals surface area (Å²) in [6, 6.07) is 17.6. The molecule has 186 valence electrons. The van der Waals surface area contributed by atoms with E-state index in [-0.39, 0.29) is 43.7 Å². The smallest absolute Gasteiger partial charge is 0.240 e. The lowest BCUT2D eigenvalue weighted by Gasteiger charge is -2.30. The van der Waals surface area contributed by atoms with Crippen LogP contribution < -0.4 is 4.74 Å². The minimum Gasteiger partial charge on any atom is -0.497 e. The number of imide groups is 1. The van der Waals surface area contributed by atoms with E-state index in [0.29, 0.717) is 30.3 Å². The molecule has 0 saturated carbocycles. The Labute approximate surface area is 207 Å². The highest BCUT2D eigenvalue weighted by Crippen LogP contribution is 2.41. The minimum atomic E-state index is -1.23. The normalized spacial score (nSPS) is 22.9. The number of nitrogens with zero attached hydrogens (tertiary/aromatic N) is 2. The maximum absolute atomic E-state index is 13.7. The number of methoxy groups -OCH3 is 2. The standard InChI is InChI=1S/C28H34N2O5/c1-34-17-16-30-26(32)20-28(27(30)33,23-11-6-12-24(18-23)35-2)19-25(31)29-14-7-10-22(13-15-29)21-8-4-3-5-9-21/h3-6,8-9,11-12,18,22H,7,10,13-17,19-20H2,1-2H3/t22-,28+/m1/s1. The van der Waals surface area contributed by atoms with Gasteiger partial charge in [0, 0.05) is 33.0 Å². The fraction of sp³-hybridized carbons (Fsp3) is 0.464. The van der Waals surface area contributed by atoms with Gasteiger partial charge >= 0.3 is 0 Å². The topological polar surface area (TPSA) is 76.2 Å². The molecule has 2 aliphatic rings. The van der Waals surface area contributed by atoms with Gasteiger partial charge in [-0.3, -0.25) is 19.3 Å². The summed E-state index contributed by atoms with van der Waals surface area (Å²) in [5.41, 5.74) is 0.710. The zero-order valence-corrected chi connectivity index (χ0v) is 20.6. The van der Waals surface area contributed by atoms with Gasteiger partial charge in [0.2, 0.25) is 17.7 Å². The Kier molecular flexibility index (Phi) is 7.86. The van der Waals surface area contributed by atoms with E-state index < -0.39 is 5.41 Å². The van der Waals surface area contributed by atoms with Gasteiger partial charge in [0.25, 0.3) is 0 Å². The Morgan fingerprint density at radius 1 is 1.03 bits per heavy atom. The molecule has 2 aliphatic heterocycles. The van der Waals surface area contributed by atoms with Gasteiger partial charge in [0.1, 0.15) is 5.75 Å². The number of amides is 3. The van der Waals surface area contributed by atoms with E-state index in [2.05, 4.69) is 24.3 Å². The first-order chi connectivity index (χ1) is 17.0. The maximum atomic E-state index is 13.7. The van der Waals surface area contributed by atoms with Crippen LogP contribution in [0, 0.1) is 0 Å². The molecule has 0 radical (unpaired) electrons. The van der Waals surface area contributed by atoms with Crippen molar-refractivity contribution in [3.8, 4) is 5.75 Å². The number of benzene rings is 2. The van der Waals surface area contributed by atoms with Crippen molar-refractivity contribution < 1.29 is 23.9 Å². The second-order valence-corrected chi connectivity index (χ2v) is 9.43. The number of likely N-dealkylation sites (tertiary alicyclic amines) is 2. The van der Waals surface area contributed by atoms with Gasteiger partial charge in [-0.25, -0.2) is 0 Å². The highest BCUT2D eigenvalue weighted by atomic mass is 16.5. The van der Waals surface area contributed by atoms with E-state index in [9.17, 15) is 14.4 Å². The molecule has 35 heavy (non-hydrogen) atoms. The molecule has 3 amide bonds. The Balaban J connectivity index is 1.57. The number of hydrogen-bond acceptors (Lipinski definition) is 5. The summed E-state index contributed by atoms with van der Waals surface area (Å²) in [4.78, 5) is 43.4. The van der Waals surface area contributed by atoms with E-state index in [1.165, 1.54) is 17.6 Å². The molecule has 0 aliphatic carbocycles. The molecular formula is C28H34N2O5. The highest BCUT2D eigenvalue weighted by molar-refractivity contribution is 6.10. The molecule has 2 atom stereocenters. The Bertz CT molecular complexity index is 1060. The molecule has 0 N–H and O–H groups in total. The van der Waals surface area contributed by atoms with E-state index >= 15 is 0 Å². The Morgan fingerprint density at radius 3 is 2.57 bits per heavy atom. The van der Waals surface area contributed by atoms with Crippen LogP contribution in [0.25, 0.3) is 0 Å². The number of carbonyl (C=O) groups is 3. The van der Waals surface area contributed by atoms with Crippen LogP contribution in [0.5, 0.6) is 5.75 Å². The lowest BCUT2D eigenvalue weighted by atomic mass is 9.75. The lowest BCUT2D eigenvalue weighted by Crippen LogP contribution is -2.44. The molecule has 0 spiro atoms. The molecule has 2 heterocycles. The van der Waals surface area contributed by atoms with Crippen molar-refractivity contribution in [1.82, 2.24) is 9.80 Å². The van der Waals surface area contributed by atoms with E-state index in [1.807, 2.05) is 17.0 Å². The molecular weight excluding hydrogens is 444 g/mol. The number of rotatable bonds is 8. The third kappa shape index (κ3) is 5.25. The molecule has 2 fully saturated rings. The summed E-state index contributed by atoms with van der Waals surface area (Å²) in [5, 5.41) is 0. The third-order valence-corrected chi connectivity index (χ3v) is 7.35. The molecule has 2 aromatic carbocycles. The predicted molar refractivity (Wildman–Crippen MR) is 132 cm³/mol. The number of hydrogen-bond donors (Lipinski definition) is 0. The van der Waals surface area contributed by atoms with Gasteiger partial charge in [-0.2, -0.15) is 0 Å². The second kappa shape index (κ2) is 11.0. The molecule has 7 heteroatoms. The molecule has 0 unspecified atom stereocenters. The van der Waals surface area contributed by atoms with Gasteiger partial charge in [0.05, 0.1) is 25.7 Å². The summed E-state index contributed by atoms with van der Waals surface area (Å²) in [6.07, 6.45) is 2.75. The van der Waals surface area contributed by atoms with Gasteiger partial charge in [-0.05, 0) is 48.4 Å². The fourth-order valence-electron chi connectivity index (χ4n) is 5.37. The summed E-state index contributed by atoms with van der Waals surface area (Å²) in [5.74, 6) is 0.308. The average Bonchev–Trinajstić information content (AvgIpc) is 3.04. The fourth-order valence-corrected chi connectivity index (χ4v) is 5.37. The van der Waals surface area contributed by atoms with Crippen LogP contribution in [0.15, 0.2) is 54.6 Å². The monoisotopic (exact) mass is 478 g/mol. The number of carbonyl (C=O) groups excluding carboxylic acids is 3. The zero-order chi connectivity index (χ0) is 24.8. The van der Waals surface area contributed by atoms with Crippen molar-refractivity contribution in [3.63, 3.8) is 0 Å². The average molecular weight is 479 g/mol. The molecule has 2 saturated heterocycles. The van der Waals surface area contributed by atoms with Crippen LogP contribution in [-0.2, 0) is 24.5 Å². The van der Waals surface area contributed by atoms with Crippen LogP contribution in [0.2, 0.25) is 0 Å². The van der Waals surface area contributed by atoms with Crippen molar-refractivity contribution in [2.45, 2.75) is 43.4 Å². The maximum Gasteiger partial charge on any atom is 0.240 e. The van der Waals surface area contributed by atoms with Gasteiger partial charge in [-0.1, -0.05) is 42.5 Å². The van der Waals surface area contributed by atoms with Crippen LogP contribution in [0.1, 0.15) is 49.1 Å². The quantitative estimate of drug-likeness (QED) is 0.543. The zero-order valence-electron chi connectivity index (χ0n) is 20.6. The Morgan fingerprint density at radius 2 is 1.83 bits per heavy atom. The van der Waals surface area contributed by atoms with Crippen molar-refractivity contribution >= 4 is 17.7 Å². The first-order valence-electron chi connectivity index (χ1n) is 12.3. The SMILES string of the molecule is COCCN1C(=O)C[C@@](CC(=O)N2CCC[C@@H](c3ccccc3)CC2)(c2cccc(OC)c2)C1=O. The first kappa shape index (κ1) is 24.9. The van der Waals surface area contributed by atoms with E-state index in [1.54, 1.807) is 25.3 Å². The van der Waals surface area contributed by atoms with Gasteiger partial charge in [-0.15, -0.1) is 0 Å². The second-order valence-electron chi connectivity index (χ2n) is 9.43. The molecule has 0 bridgehead atoms. The van der Waals surface area contributed by atoms with Crippen LogP contribution >= 0.6 is 0 Å². The summed E-state index contributed by atoms with van der Waals surface area (Å²) in [7, 11) is 3.09. The largest absolute Gasteiger partial charge is 0.497 e. The molecule has 7 nitrogen and oxygen atoms in total. The third-order valence-electron chi connectivity index (χ3n) is 7.35. The molecule has 4 rings (SSSR count). The lowest BCUT2D eigenvalue weighted by molar-refractivity contribution is -0.143. The highest BCUT2D eigenvalue weighted by Gasteiger charge is 2.54. The molecule has 2 aromatic rings. The predicted octanol–water partition coefficient (Wildman–Crippen LogP) is 3.52. The van der Waals surface area contributed by atoms with Crippen LogP contribution in [0.4, 0.5) is 0 Å². The van der Waals surface area contributed by atoms with Crippen molar-refractivity contribution in [2.24, 2.45) is 0 Å². The number of ether oxygens (including phenoxy) is 2. The molecule has 0 aromatic heterocycles. The van der Waals surface area contributed by atoms with Gasteiger partial charge < -0.3 is 14.4 Å². The van der Waals surface area contributed by atoms with Crippen molar-refractivity contribution in [3.05, 3.63) is 65.7 Å². The first-order valence-corrected chi connectivity index (χ1v) is 12.3. The van der Waals surface area contributed by atoms with Crippen LogP contribution in [0.3, 0.4) is 0 Å². The van der Waals surface area contributed by atoms with E-state index in [0.717, 1.165) is 19.3 Å². The van der Waals surface area contributed by atoms with E-state index in [4.69, 9.17) is 9.47 Å². The van der Waals surface area contributed by atoms with Crippen LogP contribution in [-0.4, -0.2) is 68.0 Å². The minimum absolute atomic E-state index is 0.0328. The summed E-state index contributed by atoms with van der Waals surface area (Å²) < 4.78 is 10.5. The van der Waals surface area contributed by atoms with Crippen molar-refractivity contribution in [1.29, 1.82) is 0 Å².